The molecule has 43 heavy (non-hydrogen) atoms. The molecule has 0 spiro atoms. The summed E-state index contributed by atoms with van der Waals surface area (Å²) in [5.41, 5.74) is -0.650. The zero-order valence-electron chi connectivity index (χ0n) is 26.7. The summed E-state index contributed by atoms with van der Waals surface area (Å²) in [6, 6.07) is 0. The fourth-order valence-corrected chi connectivity index (χ4v) is 5.78. The number of ether oxygens (including phenoxy) is 2. The van der Waals surface area contributed by atoms with E-state index in [1.54, 1.807) is 17.9 Å². The van der Waals surface area contributed by atoms with Crippen molar-refractivity contribution in [1.29, 1.82) is 0 Å². The predicted octanol–water partition coefficient (Wildman–Crippen LogP) is 3.58. The highest BCUT2D eigenvalue weighted by Gasteiger charge is 2.36. The van der Waals surface area contributed by atoms with Crippen LogP contribution in [0.25, 0.3) is 0 Å². The molecule has 10 nitrogen and oxygen atoms in total. The third kappa shape index (κ3) is 11.1. The van der Waals surface area contributed by atoms with Gasteiger partial charge in [-0.1, -0.05) is 51.0 Å². The minimum absolute atomic E-state index is 0.124. The molecule has 0 bridgehead atoms. The van der Waals surface area contributed by atoms with Gasteiger partial charge in [0.2, 0.25) is 5.91 Å². The Morgan fingerprint density at radius 3 is 2.53 bits per heavy atom. The van der Waals surface area contributed by atoms with Crippen LogP contribution in [0.1, 0.15) is 72.6 Å². The number of amides is 2. The molecule has 2 amide bonds. The van der Waals surface area contributed by atoms with Crippen LogP contribution in [0.3, 0.4) is 0 Å². The molecule has 2 heterocycles. The SMILES string of the molecule is C/C(=C\C=C\[C@@H](C)CNC(=O)C1CCCC1)[C@H]1OC(=O)C[C@@H](O)CC[C@](C)(O)[C@H](OC(=O)N2CCN(C)CC2)/C=C/[C@@H]1C. The second kappa shape index (κ2) is 16.4. The highest BCUT2D eigenvalue weighted by Crippen LogP contribution is 2.28. The van der Waals surface area contributed by atoms with E-state index in [4.69, 9.17) is 9.47 Å². The van der Waals surface area contributed by atoms with Crippen molar-refractivity contribution in [1.82, 2.24) is 15.1 Å². The van der Waals surface area contributed by atoms with Crippen molar-refractivity contribution in [2.75, 3.05) is 39.8 Å². The van der Waals surface area contributed by atoms with Gasteiger partial charge in [0.15, 0.2) is 6.10 Å². The molecule has 0 radical (unpaired) electrons. The lowest BCUT2D eigenvalue weighted by Crippen LogP contribution is -2.50. The van der Waals surface area contributed by atoms with E-state index >= 15 is 0 Å². The van der Waals surface area contributed by atoms with Gasteiger partial charge in [-0.25, -0.2) is 4.79 Å². The lowest BCUT2D eigenvalue weighted by Gasteiger charge is -2.36. The molecule has 3 rings (SSSR count). The van der Waals surface area contributed by atoms with E-state index in [-0.39, 0.29) is 42.9 Å². The van der Waals surface area contributed by atoms with Crippen LogP contribution in [0.4, 0.5) is 4.79 Å². The molecular weight excluding hydrogens is 550 g/mol. The molecule has 242 valence electrons. The molecular formula is C33H53N3O7. The number of carbonyl (C=O) groups is 3. The van der Waals surface area contributed by atoms with Crippen LogP contribution >= 0.6 is 0 Å². The Kier molecular flexibility index (Phi) is 13.3. The van der Waals surface area contributed by atoms with Crippen LogP contribution in [-0.2, 0) is 19.1 Å². The Balaban J connectivity index is 1.71. The Labute approximate surface area is 257 Å². The summed E-state index contributed by atoms with van der Waals surface area (Å²) in [5.74, 6) is -0.428. The van der Waals surface area contributed by atoms with Gasteiger partial charge in [0.1, 0.15) is 11.7 Å². The van der Waals surface area contributed by atoms with Gasteiger partial charge in [-0.3, -0.25) is 9.59 Å². The molecule has 3 N–H and O–H groups in total. The van der Waals surface area contributed by atoms with Crippen LogP contribution in [-0.4, -0.2) is 102 Å². The van der Waals surface area contributed by atoms with Crippen LogP contribution in [0.15, 0.2) is 36.0 Å². The van der Waals surface area contributed by atoms with Gasteiger partial charge < -0.3 is 34.8 Å². The van der Waals surface area contributed by atoms with Crippen LogP contribution in [0.2, 0.25) is 0 Å². The van der Waals surface area contributed by atoms with Gasteiger partial charge in [0.05, 0.1) is 12.5 Å². The summed E-state index contributed by atoms with van der Waals surface area (Å²) < 4.78 is 11.7. The van der Waals surface area contributed by atoms with Crippen molar-refractivity contribution in [2.45, 2.75) is 96.6 Å². The minimum Gasteiger partial charge on any atom is -0.457 e. The first-order chi connectivity index (χ1) is 20.4. The highest BCUT2D eigenvalue weighted by atomic mass is 16.6. The van der Waals surface area contributed by atoms with Gasteiger partial charge in [0.25, 0.3) is 0 Å². The second-order valence-electron chi connectivity index (χ2n) is 13.0. The largest absolute Gasteiger partial charge is 0.457 e. The van der Waals surface area contributed by atoms with Gasteiger partial charge in [-0.2, -0.15) is 0 Å². The summed E-state index contributed by atoms with van der Waals surface area (Å²) in [4.78, 5) is 41.9. The number of aliphatic hydroxyl groups is 2. The molecule has 1 saturated carbocycles. The molecule has 6 atom stereocenters. The zero-order valence-corrected chi connectivity index (χ0v) is 26.7. The lowest BCUT2D eigenvalue weighted by atomic mass is 9.89. The Morgan fingerprint density at radius 1 is 1.19 bits per heavy atom. The number of hydrogen-bond acceptors (Lipinski definition) is 8. The number of rotatable bonds is 7. The van der Waals surface area contributed by atoms with Crippen molar-refractivity contribution in [3.63, 3.8) is 0 Å². The molecule has 2 aliphatic heterocycles. The Bertz CT molecular complexity index is 1030. The number of piperazine rings is 1. The molecule has 0 unspecified atom stereocenters. The van der Waals surface area contributed by atoms with Crippen LogP contribution in [0, 0.1) is 17.8 Å². The number of allylic oxidation sites excluding steroid dienone is 2. The number of cyclic esters (lactones) is 1. The maximum Gasteiger partial charge on any atom is 0.410 e. The molecule has 0 aromatic heterocycles. The van der Waals surface area contributed by atoms with Crippen molar-refractivity contribution in [2.24, 2.45) is 17.8 Å². The quantitative estimate of drug-likeness (QED) is 0.229. The molecule has 1 saturated heterocycles. The monoisotopic (exact) mass is 603 g/mol. The number of nitrogens with zero attached hydrogens (tertiary/aromatic N) is 2. The summed E-state index contributed by atoms with van der Waals surface area (Å²) in [5, 5.41) is 24.9. The third-order valence-electron chi connectivity index (χ3n) is 8.89. The standard InChI is InChI=1S/C33H53N3O7/c1-23(22-34-31(39)26-11-6-7-12-26)9-8-10-24(2)30-25(3)13-14-28(42-32(40)36-19-17-35(5)18-20-36)33(4,41)16-15-27(37)21-29(38)43-30/h8-10,13-14,23,25-28,30,37,41H,6-7,11-12,15-22H2,1-5H3,(H,34,39)/b9-8+,14-13+,24-10+/t23-,25+,27+,28-,30-,33+/m1/s1. The van der Waals surface area contributed by atoms with Crippen molar-refractivity contribution in [3.05, 3.63) is 36.0 Å². The van der Waals surface area contributed by atoms with Gasteiger partial charge in [0, 0.05) is 44.6 Å². The molecule has 2 fully saturated rings. The number of likely N-dealkylation sites (N-methyl/N-ethyl adjacent to an activating group) is 1. The number of esters is 1. The molecule has 1 aliphatic carbocycles. The van der Waals surface area contributed by atoms with E-state index in [9.17, 15) is 24.6 Å². The average Bonchev–Trinajstić information content (AvgIpc) is 3.50. The predicted molar refractivity (Wildman–Crippen MR) is 165 cm³/mol. The Hall–Kier alpha value is -2.69. The molecule has 10 heteroatoms. The van der Waals surface area contributed by atoms with E-state index in [0.717, 1.165) is 44.3 Å². The van der Waals surface area contributed by atoms with Crippen molar-refractivity contribution in [3.8, 4) is 0 Å². The first-order valence-corrected chi connectivity index (χ1v) is 15.9. The van der Waals surface area contributed by atoms with E-state index in [1.807, 2.05) is 52.1 Å². The van der Waals surface area contributed by atoms with E-state index < -0.39 is 36.0 Å². The fraction of sp³-hybridized carbons (Fsp3) is 0.727. The number of carbonyl (C=O) groups excluding carboxylic acids is 3. The highest BCUT2D eigenvalue weighted by molar-refractivity contribution is 5.78. The van der Waals surface area contributed by atoms with Gasteiger partial charge in [-0.05, 0) is 64.1 Å². The van der Waals surface area contributed by atoms with E-state index in [1.165, 1.54) is 0 Å². The maximum atomic E-state index is 13.0. The van der Waals surface area contributed by atoms with Crippen molar-refractivity contribution >= 4 is 18.0 Å². The lowest BCUT2D eigenvalue weighted by molar-refractivity contribution is -0.151. The first kappa shape index (κ1) is 34.8. The van der Waals surface area contributed by atoms with E-state index in [0.29, 0.717) is 19.6 Å². The zero-order chi connectivity index (χ0) is 31.6. The second-order valence-corrected chi connectivity index (χ2v) is 13.0. The summed E-state index contributed by atoms with van der Waals surface area (Å²) in [6.07, 6.45) is 10.5. The number of nitrogens with one attached hydrogen (secondary N) is 1. The maximum absolute atomic E-state index is 13.0. The number of hydrogen-bond donors (Lipinski definition) is 3. The molecule has 3 aliphatic rings. The van der Waals surface area contributed by atoms with Crippen LogP contribution < -0.4 is 5.32 Å². The van der Waals surface area contributed by atoms with Gasteiger partial charge >= 0.3 is 12.1 Å². The molecule has 0 aromatic carbocycles. The summed E-state index contributed by atoms with van der Waals surface area (Å²) in [6.45, 7) is 10.5. The fourth-order valence-electron chi connectivity index (χ4n) is 5.78. The van der Waals surface area contributed by atoms with Gasteiger partial charge in [-0.15, -0.1) is 0 Å². The first-order valence-electron chi connectivity index (χ1n) is 15.9. The van der Waals surface area contributed by atoms with Crippen LogP contribution in [0.5, 0.6) is 0 Å². The number of aliphatic hydroxyl groups excluding tert-OH is 1. The smallest absolute Gasteiger partial charge is 0.410 e. The third-order valence-corrected chi connectivity index (χ3v) is 8.89. The summed E-state index contributed by atoms with van der Waals surface area (Å²) >= 11 is 0. The van der Waals surface area contributed by atoms with E-state index in [2.05, 4.69) is 10.2 Å². The minimum atomic E-state index is -1.45. The average molecular weight is 604 g/mol. The van der Waals surface area contributed by atoms with Crippen molar-refractivity contribution < 1.29 is 34.1 Å². The topological polar surface area (TPSA) is 129 Å². The summed E-state index contributed by atoms with van der Waals surface area (Å²) in [7, 11) is 2.00. The Morgan fingerprint density at radius 2 is 1.86 bits per heavy atom. The molecule has 0 aromatic rings. The normalized spacial score (nSPS) is 32.0.